The summed E-state index contributed by atoms with van der Waals surface area (Å²) in [5.74, 6) is 1.01. The highest BCUT2D eigenvalue weighted by atomic mass is 16.5. The zero-order valence-electron chi connectivity index (χ0n) is 16.3. The minimum absolute atomic E-state index is 0.123. The van der Waals surface area contributed by atoms with Gasteiger partial charge in [0.25, 0.3) is 5.91 Å². The van der Waals surface area contributed by atoms with Gasteiger partial charge in [-0.25, -0.2) is 4.98 Å². The Morgan fingerprint density at radius 3 is 2.52 bits per heavy atom. The Kier molecular flexibility index (Phi) is 5.31. The molecule has 0 aliphatic heterocycles. The van der Waals surface area contributed by atoms with E-state index in [1.165, 1.54) is 12.3 Å². The maximum atomic E-state index is 11.3. The van der Waals surface area contributed by atoms with Gasteiger partial charge in [-0.15, -0.1) is 0 Å². The number of amides is 1. The third-order valence-electron chi connectivity index (χ3n) is 4.25. The minimum Gasteiger partial charge on any atom is -0.457 e. The molecule has 0 aliphatic rings. The van der Waals surface area contributed by atoms with Gasteiger partial charge in [0.05, 0.1) is 5.69 Å². The van der Waals surface area contributed by atoms with Gasteiger partial charge in [-0.05, 0) is 30.3 Å². The zero-order chi connectivity index (χ0) is 21.8. The Labute approximate surface area is 177 Å². The molecule has 154 valence electrons. The molecular formula is C22H19N7O2. The summed E-state index contributed by atoms with van der Waals surface area (Å²) in [6, 6.07) is 19.5. The predicted octanol–water partition coefficient (Wildman–Crippen LogP) is 3.34. The first-order valence-corrected chi connectivity index (χ1v) is 9.27. The second-order valence-corrected chi connectivity index (χ2v) is 6.62. The highest BCUT2D eigenvalue weighted by Gasteiger charge is 2.08. The average molecular weight is 413 g/mol. The molecule has 0 bridgehead atoms. The largest absolute Gasteiger partial charge is 0.457 e. The van der Waals surface area contributed by atoms with Crippen LogP contribution >= 0.6 is 0 Å². The fourth-order valence-corrected chi connectivity index (χ4v) is 2.91. The fraction of sp³-hybridized carbons (Fsp3) is 0. The molecule has 31 heavy (non-hydrogen) atoms. The summed E-state index contributed by atoms with van der Waals surface area (Å²) < 4.78 is 5.82. The number of nitrogens with one attached hydrogen (secondary N) is 1. The summed E-state index contributed by atoms with van der Waals surface area (Å²) in [5, 5.41) is 3.20. The maximum Gasteiger partial charge on any atom is 0.267 e. The van der Waals surface area contributed by atoms with Crippen molar-refractivity contribution in [1.29, 1.82) is 0 Å². The lowest BCUT2D eigenvalue weighted by Gasteiger charge is -2.11. The summed E-state index contributed by atoms with van der Waals surface area (Å²) in [5.41, 5.74) is 20.0. The number of pyridine rings is 1. The first kappa shape index (κ1) is 19.6. The number of primary amides is 1. The molecule has 2 heterocycles. The van der Waals surface area contributed by atoms with Crippen LogP contribution in [0.1, 0.15) is 10.5 Å². The standard InChI is InChI=1S/C22H19N7O2/c23-14-4-1-3-13(9-14)18-12-20(29-22(25)28-18)27-15-5-2-6-16(10-15)31-17-7-8-26-19(11-17)21(24)30/h1-12H,23H2,(H2,24,30)(H3,25,27,28,29). The van der Waals surface area contributed by atoms with Crippen molar-refractivity contribution in [3.63, 3.8) is 0 Å². The Bertz CT molecular complexity index is 1260. The number of hydrogen-bond acceptors (Lipinski definition) is 8. The third kappa shape index (κ3) is 4.85. The molecule has 0 saturated carbocycles. The smallest absolute Gasteiger partial charge is 0.267 e. The van der Waals surface area contributed by atoms with Gasteiger partial charge in [0.1, 0.15) is 23.0 Å². The van der Waals surface area contributed by atoms with E-state index >= 15 is 0 Å². The van der Waals surface area contributed by atoms with E-state index in [0.717, 1.165) is 11.3 Å². The minimum atomic E-state index is -0.627. The average Bonchev–Trinajstić information content (AvgIpc) is 2.74. The number of ether oxygens (including phenoxy) is 1. The first-order valence-electron chi connectivity index (χ1n) is 9.27. The van der Waals surface area contributed by atoms with E-state index in [1.807, 2.05) is 30.3 Å². The number of nitrogen functional groups attached to an aromatic ring is 2. The van der Waals surface area contributed by atoms with Crippen molar-refractivity contribution in [1.82, 2.24) is 15.0 Å². The third-order valence-corrected chi connectivity index (χ3v) is 4.25. The molecule has 7 N–H and O–H groups in total. The second kappa shape index (κ2) is 8.37. The molecule has 0 atom stereocenters. The molecule has 4 aromatic rings. The molecular weight excluding hydrogens is 394 g/mol. The van der Waals surface area contributed by atoms with Gasteiger partial charge in [-0.2, -0.15) is 4.98 Å². The number of carbonyl (C=O) groups is 1. The van der Waals surface area contributed by atoms with Crippen LogP contribution in [0.2, 0.25) is 0 Å². The molecule has 9 nitrogen and oxygen atoms in total. The molecule has 1 amide bonds. The van der Waals surface area contributed by atoms with E-state index in [4.69, 9.17) is 21.9 Å². The van der Waals surface area contributed by atoms with Crippen molar-refractivity contribution >= 4 is 29.0 Å². The quantitative estimate of drug-likeness (QED) is 0.351. The van der Waals surface area contributed by atoms with Crippen LogP contribution in [-0.4, -0.2) is 20.9 Å². The Morgan fingerprint density at radius 2 is 1.71 bits per heavy atom. The number of anilines is 4. The van der Waals surface area contributed by atoms with Crippen molar-refractivity contribution in [3.05, 3.63) is 78.6 Å². The molecule has 0 radical (unpaired) electrons. The van der Waals surface area contributed by atoms with Crippen molar-refractivity contribution < 1.29 is 9.53 Å². The lowest BCUT2D eigenvalue weighted by atomic mass is 10.1. The zero-order valence-corrected chi connectivity index (χ0v) is 16.3. The lowest BCUT2D eigenvalue weighted by molar-refractivity contribution is 0.0995. The van der Waals surface area contributed by atoms with Gasteiger partial charge in [-0.3, -0.25) is 9.78 Å². The summed E-state index contributed by atoms with van der Waals surface area (Å²) in [6.45, 7) is 0. The summed E-state index contributed by atoms with van der Waals surface area (Å²) in [6.07, 6.45) is 1.46. The van der Waals surface area contributed by atoms with E-state index in [0.29, 0.717) is 28.7 Å². The van der Waals surface area contributed by atoms with Crippen molar-refractivity contribution in [2.45, 2.75) is 0 Å². The second-order valence-electron chi connectivity index (χ2n) is 6.62. The number of rotatable bonds is 6. The van der Waals surface area contributed by atoms with E-state index in [-0.39, 0.29) is 11.6 Å². The molecule has 0 aliphatic carbocycles. The molecule has 4 rings (SSSR count). The number of hydrogen-bond donors (Lipinski definition) is 4. The van der Waals surface area contributed by atoms with E-state index in [1.54, 1.807) is 30.3 Å². The normalized spacial score (nSPS) is 10.5. The van der Waals surface area contributed by atoms with Crippen LogP contribution in [0.25, 0.3) is 11.3 Å². The predicted molar refractivity (Wildman–Crippen MR) is 119 cm³/mol. The monoisotopic (exact) mass is 413 g/mol. The van der Waals surface area contributed by atoms with Gasteiger partial charge in [-0.1, -0.05) is 18.2 Å². The molecule has 2 aromatic carbocycles. The van der Waals surface area contributed by atoms with E-state index in [2.05, 4.69) is 20.3 Å². The lowest BCUT2D eigenvalue weighted by Crippen LogP contribution is -2.12. The SMILES string of the molecule is NC(=O)c1cc(Oc2cccc(Nc3cc(-c4cccc(N)c4)nc(N)n3)c2)ccn1. The highest BCUT2D eigenvalue weighted by Crippen LogP contribution is 2.28. The molecule has 0 unspecified atom stereocenters. The topological polar surface area (TPSA) is 155 Å². The van der Waals surface area contributed by atoms with Crippen LogP contribution in [0.15, 0.2) is 72.9 Å². The van der Waals surface area contributed by atoms with Crippen LogP contribution in [0, 0.1) is 0 Å². The van der Waals surface area contributed by atoms with Crippen molar-refractivity contribution in [3.8, 4) is 22.8 Å². The molecule has 0 fully saturated rings. The first-order chi connectivity index (χ1) is 15.0. The van der Waals surface area contributed by atoms with Gasteiger partial charge >= 0.3 is 0 Å². The molecule has 0 saturated heterocycles. The summed E-state index contributed by atoms with van der Waals surface area (Å²) in [4.78, 5) is 23.7. The Morgan fingerprint density at radius 1 is 0.903 bits per heavy atom. The van der Waals surface area contributed by atoms with Gasteiger partial charge < -0.3 is 27.3 Å². The summed E-state index contributed by atoms with van der Waals surface area (Å²) in [7, 11) is 0. The number of aromatic nitrogens is 3. The number of benzene rings is 2. The van der Waals surface area contributed by atoms with Gasteiger partial charge in [0, 0.05) is 41.3 Å². The Balaban J connectivity index is 1.57. The number of carbonyl (C=O) groups excluding carboxylic acids is 1. The van der Waals surface area contributed by atoms with Crippen molar-refractivity contribution in [2.75, 3.05) is 16.8 Å². The number of nitrogens with two attached hydrogens (primary N) is 3. The van der Waals surface area contributed by atoms with Crippen LogP contribution in [-0.2, 0) is 0 Å². The van der Waals surface area contributed by atoms with Crippen LogP contribution in [0.4, 0.5) is 23.1 Å². The Hall–Kier alpha value is -4.66. The number of nitrogens with zero attached hydrogens (tertiary/aromatic N) is 3. The maximum absolute atomic E-state index is 11.3. The van der Waals surface area contributed by atoms with Gasteiger partial charge in [0.2, 0.25) is 5.95 Å². The van der Waals surface area contributed by atoms with Crippen LogP contribution in [0.5, 0.6) is 11.5 Å². The van der Waals surface area contributed by atoms with Crippen molar-refractivity contribution in [2.24, 2.45) is 5.73 Å². The van der Waals surface area contributed by atoms with E-state index < -0.39 is 5.91 Å². The fourth-order valence-electron chi connectivity index (χ4n) is 2.91. The molecule has 9 heteroatoms. The van der Waals surface area contributed by atoms with Crippen LogP contribution < -0.4 is 27.3 Å². The molecule has 0 spiro atoms. The van der Waals surface area contributed by atoms with Crippen LogP contribution in [0.3, 0.4) is 0 Å². The molecule has 2 aromatic heterocycles. The highest BCUT2D eigenvalue weighted by molar-refractivity contribution is 5.91. The van der Waals surface area contributed by atoms with Gasteiger partial charge in [0.15, 0.2) is 0 Å². The summed E-state index contributed by atoms with van der Waals surface area (Å²) >= 11 is 0. The van der Waals surface area contributed by atoms with E-state index in [9.17, 15) is 4.79 Å².